The number of aromatic nitrogens is 5. The van der Waals surface area contributed by atoms with Crippen LogP contribution in [0.5, 0.6) is 0 Å². The Hall–Kier alpha value is -3.78. The van der Waals surface area contributed by atoms with Crippen LogP contribution in [0.25, 0.3) is 22.8 Å². The van der Waals surface area contributed by atoms with E-state index in [-0.39, 0.29) is 5.82 Å². The number of thioether (sulfide) groups is 1. The van der Waals surface area contributed by atoms with Gasteiger partial charge in [-0.15, -0.1) is 10.2 Å². The van der Waals surface area contributed by atoms with Gasteiger partial charge < -0.3 is 4.52 Å². The second-order valence-corrected chi connectivity index (χ2v) is 7.99. The van der Waals surface area contributed by atoms with E-state index >= 15 is 0 Å². The summed E-state index contributed by atoms with van der Waals surface area (Å²) in [5.41, 5.74) is 2.81. The van der Waals surface area contributed by atoms with Gasteiger partial charge in [0.1, 0.15) is 5.82 Å². The first-order valence-corrected chi connectivity index (χ1v) is 11.0. The molecule has 6 nitrogen and oxygen atoms in total. The molecule has 0 aliphatic heterocycles. The fourth-order valence-corrected chi connectivity index (χ4v) is 4.04. The van der Waals surface area contributed by atoms with Gasteiger partial charge >= 0.3 is 0 Å². The van der Waals surface area contributed by atoms with E-state index in [0.29, 0.717) is 35.0 Å². The molecule has 5 rings (SSSR count). The maximum atomic E-state index is 13.4. The summed E-state index contributed by atoms with van der Waals surface area (Å²) in [5.74, 6) is 1.90. The van der Waals surface area contributed by atoms with Crippen molar-refractivity contribution in [2.75, 3.05) is 0 Å². The van der Waals surface area contributed by atoms with Gasteiger partial charge in [0.2, 0.25) is 11.7 Å². The highest BCUT2D eigenvalue weighted by atomic mass is 32.2. The molecule has 0 aliphatic carbocycles. The van der Waals surface area contributed by atoms with Crippen LogP contribution >= 0.6 is 11.8 Å². The van der Waals surface area contributed by atoms with Crippen molar-refractivity contribution in [3.63, 3.8) is 0 Å². The molecule has 3 aromatic carbocycles. The highest BCUT2D eigenvalue weighted by molar-refractivity contribution is 7.98. The normalized spacial score (nSPS) is 11.0. The smallest absolute Gasteiger partial charge is 0.237 e. The second kappa shape index (κ2) is 9.15. The number of rotatable bonds is 7. The molecule has 0 saturated heterocycles. The summed E-state index contributed by atoms with van der Waals surface area (Å²) >= 11 is 1.47. The largest absolute Gasteiger partial charge is 0.338 e. The highest BCUT2D eigenvalue weighted by Gasteiger charge is 2.17. The van der Waals surface area contributed by atoms with E-state index in [1.165, 1.54) is 23.9 Å². The number of hydrogen-bond acceptors (Lipinski definition) is 6. The van der Waals surface area contributed by atoms with Crippen LogP contribution in [0, 0.1) is 5.82 Å². The summed E-state index contributed by atoms with van der Waals surface area (Å²) in [6, 6.07) is 26.0. The summed E-state index contributed by atoms with van der Waals surface area (Å²) in [6.07, 6.45) is 0. The molecule has 8 heteroatoms. The Kier molecular flexibility index (Phi) is 5.76. The monoisotopic (exact) mass is 443 g/mol. The van der Waals surface area contributed by atoms with E-state index in [1.54, 1.807) is 12.1 Å². The van der Waals surface area contributed by atoms with E-state index in [4.69, 9.17) is 4.52 Å². The molecule has 32 heavy (non-hydrogen) atoms. The van der Waals surface area contributed by atoms with Gasteiger partial charge in [-0.1, -0.05) is 77.6 Å². The number of nitrogens with zero attached hydrogens (tertiary/aromatic N) is 5. The van der Waals surface area contributed by atoms with Gasteiger partial charge in [0.05, 0.1) is 12.3 Å². The molecule has 2 aromatic heterocycles. The predicted octanol–water partition coefficient (Wildman–Crippen LogP) is 5.47. The predicted molar refractivity (Wildman–Crippen MR) is 120 cm³/mol. The third kappa shape index (κ3) is 4.45. The van der Waals surface area contributed by atoms with Crippen LogP contribution in [0.1, 0.15) is 11.5 Å². The van der Waals surface area contributed by atoms with Crippen LogP contribution in [0.15, 0.2) is 94.6 Å². The van der Waals surface area contributed by atoms with Crippen molar-refractivity contribution in [1.29, 1.82) is 0 Å². The van der Waals surface area contributed by atoms with Crippen LogP contribution in [-0.2, 0) is 12.3 Å². The lowest BCUT2D eigenvalue weighted by Crippen LogP contribution is -2.04. The van der Waals surface area contributed by atoms with Crippen molar-refractivity contribution in [3.05, 3.63) is 102 Å². The molecular weight excluding hydrogens is 425 g/mol. The Morgan fingerprint density at radius 1 is 0.812 bits per heavy atom. The summed E-state index contributed by atoms with van der Waals surface area (Å²) in [7, 11) is 0. The molecule has 0 atom stereocenters. The molecule has 0 amide bonds. The molecule has 2 heterocycles. The number of hydrogen-bond donors (Lipinski definition) is 0. The molecule has 0 bridgehead atoms. The lowest BCUT2D eigenvalue weighted by atomic mass is 10.2. The van der Waals surface area contributed by atoms with Gasteiger partial charge in [-0.05, 0) is 29.8 Å². The van der Waals surface area contributed by atoms with Gasteiger partial charge in [0, 0.05) is 11.1 Å². The Bertz CT molecular complexity index is 1300. The van der Waals surface area contributed by atoms with Crippen LogP contribution in [0.2, 0.25) is 0 Å². The third-order valence-corrected chi connectivity index (χ3v) is 5.78. The van der Waals surface area contributed by atoms with Gasteiger partial charge in [-0.2, -0.15) is 4.98 Å². The fraction of sp³-hybridized carbons (Fsp3) is 0.0833. The third-order valence-electron chi connectivity index (χ3n) is 4.83. The fourth-order valence-electron chi connectivity index (χ4n) is 3.26. The maximum absolute atomic E-state index is 13.4. The topological polar surface area (TPSA) is 69.6 Å². The van der Waals surface area contributed by atoms with Gasteiger partial charge in [-0.25, -0.2) is 4.39 Å². The van der Waals surface area contributed by atoms with Gasteiger partial charge in [0.25, 0.3) is 0 Å². The minimum atomic E-state index is -0.289. The Balaban J connectivity index is 1.41. The van der Waals surface area contributed by atoms with E-state index in [2.05, 4.69) is 20.3 Å². The molecule has 158 valence electrons. The molecule has 0 spiro atoms. The average Bonchev–Trinajstić information content (AvgIpc) is 3.47. The highest BCUT2D eigenvalue weighted by Crippen LogP contribution is 2.28. The summed E-state index contributed by atoms with van der Waals surface area (Å²) in [4.78, 5) is 4.49. The SMILES string of the molecule is Fc1ccc(-c2nnc(SCc3nc(-c4ccccc4)no3)n2Cc2ccccc2)cc1. The molecule has 0 saturated carbocycles. The summed E-state index contributed by atoms with van der Waals surface area (Å²) < 4.78 is 20.9. The molecule has 0 aliphatic rings. The lowest BCUT2D eigenvalue weighted by molar-refractivity contribution is 0.391. The zero-order valence-corrected chi connectivity index (χ0v) is 17.7. The first-order valence-electron chi connectivity index (χ1n) is 10.00. The van der Waals surface area contributed by atoms with Gasteiger partial charge in [0.15, 0.2) is 11.0 Å². The van der Waals surface area contributed by atoms with Crippen molar-refractivity contribution in [1.82, 2.24) is 24.9 Å². The van der Waals surface area contributed by atoms with E-state index in [9.17, 15) is 4.39 Å². The summed E-state index contributed by atoms with van der Waals surface area (Å²) in [5, 5.41) is 13.6. The summed E-state index contributed by atoms with van der Waals surface area (Å²) in [6.45, 7) is 0.585. The van der Waals surface area contributed by atoms with E-state index in [0.717, 1.165) is 16.7 Å². The first-order chi connectivity index (χ1) is 15.8. The molecule has 0 N–H and O–H groups in total. The standard InChI is InChI=1S/C24H18FN5OS/c25-20-13-11-19(12-14-20)23-27-28-24(30(23)15-17-7-3-1-4-8-17)32-16-21-26-22(29-31-21)18-9-5-2-6-10-18/h1-14H,15-16H2. The van der Waals surface area contributed by atoms with Crippen molar-refractivity contribution in [2.24, 2.45) is 0 Å². The zero-order chi connectivity index (χ0) is 21.8. The maximum Gasteiger partial charge on any atom is 0.237 e. The Morgan fingerprint density at radius 3 is 2.28 bits per heavy atom. The minimum absolute atomic E-state index is 0.289. The van der Waals surface area contributed by atoms with Crippen LogP contribution in [0.3, 0.4) is 0 Å². The minimum Gasteiger partial charge on any atom is -0.338 e. The van der Waals surface area contributed by atoms with Crippen molar-refractivity contribution >= 4 is 11.8 Å². The molecular formula is C24H18FN5OS. The Labute approximate surface area is 188 Å². The van der Waals surface area contributed by atoms with Crippen molar-refractivity contribution in [3.8, 4) is 22.8 Å². The van der Waals surface area contributed by atoms with Crippen LogP contribution in [0.4, 0.5) is 4.39 Å². The molecule has 5 aromatic rings. The van der Waals surface area contributed by atoms with Crippen molar-refractivity contribution in [2.45, 2.75) is 17.5 Å². The molecule has 0 radical (unpaired) electrons. The second-order valence-electron chi connectivity index (χ2n) is 7.05. The van der Waals surface area contributed by atoms with E-state index in [1.807, 2.05) is 65.2 Å². The molecule has 0 fully saturated rings. The lowest BCUT2D eigenvalue weighted by Gasteiger charge is -2.10. The number of halogens is 1. The average molecular weight is 444 g/mol. The number of benzene rings is 3. The Morgan fingerprint density at radius 2 is 1.53 bits per heavy atom. The first kappa shape index (κ1) is 20.1. The quantitative estimate of drug-likeness (QED) is 0.311. The van der Waals surface area contributed by atoms with Crippen molar-refractivity contribution < 1.29 is 8.91 Å². The van der Waals surface area contributed by atoms with Gasteiger partial charge in [-0.3, -0.25) is 4.57 Å². The van der Waals surface area contributed by atoms with Crippen LogP contribution in [-0.4, -0.2) is 24.9 Å². The van der Waals surface area contributed by atoms with E-state index < -0.39 is 0 Å². The molecule has 0 unspecified atom stereocenters. The van der Waals surface area contributed by atoms with Crippen LogP contribution < -0.4 is 0 Å². The zero-order valence-electron chi connectivity index (χ0n) is 16.9.